The van der Waals surface area contributed by atoms with Gasteiger partial charge >= 0.3 is 5.97 Å². The van der Waals surface area contributed by atoms with Crippen LogP contribution in [-0.4, -0.2) is 28.6 Å². The van der Waals surface area contributed by atoms with Gasteiger partial charge in [0.2, 0.25) is 11.7 Å². The van der Waals surface area contributed by atoms with E-state index in [9.17, 15) is 9.59 Å². The van der Waals surface area contributed by atoms with E-state index in [0.717, 1.165) is 17.0 Å². The number of ether oxygens (including phenoxy) is 1. The molecule has 0 N–H and O–H groups in total. The largest absolute Gasteiger partial charge is 0.455 e. The van der Waals surface area contributed by atoms with E-state index in [1.165, 1.54) is 16.9 Å². The maximum atomic E-state index is 12.4. The molecule has 3 aromatic rings. The van der Waals surface area contributed by atoms with Crippen LogP contribution in [-0.2, 0) is 27.4 Å². The molecule has 1 atom stereocenters. The number of aryl methyl sites for hydroxylation is 1. The van der Waals surface area contributed by atoms with Crippen molar-refractivity contribution < 1.29 is 18.8 Å². The summed E-state index contributed by atoms with van der Waals surface area (Å²) in [7, 11) is 0. The van der Waals surface area contributed by atoms with Gasteiger partial charge in [0.1, 0.15) is 0 Å². The molecule has 8 heteroatoms. The average Bonchev–Trinajstić information content (AvgIpc) is 3.46. The summed E-state index contributed by atoms with van der Waals surface area (Å²) in [6.45, 7) is 2.29. The summed E-state index contributed by atoms with van der Waals surface area (Å²) >= 11 is 1.50. The molecule has 2 aromatic heterocycles. The lowest BCUT2D eigenvalue weighted by molar-refractivity contribution is -0.150. The Balaban J connectivity index is 1.34. The predicted octanol–water partition coefficient (Wildman–Crippen LogP) is 3.46. The van der Waals surface area contributed by atoms with Crippen LogP contribution >= 0.6 is 11.3 Å². The Bertz CT molecular complexity index is 966. The van der Waals surface area contributed by atoms with Crippen LogP contribution in [0.15, 0.2) is 46.3 Å². The fourth-order valence-electron chi connectivity index (χ4n) is 3.10. The van der Waals surface area contributed by atoms with Crippen molar-refractivity contribution in [3.63, 3.8) is 0 Å². The van der Waals surface area contributed by atoms with E-state index >= 15 is 0 Å². The topological polar surface area (TPSA) is 85.5 Å². The number of carbonyl (C=O) groups is 2. The molecule has 1 aliphatic rings. The van der Waals surface area contributed by atoms with Crippen molar-refractivity contribution in [2.24, 2.45) is 5.92 Å². The van der Waals surface area contributed by atoms with Gasteiger partial charge in [-0.25, -0.2) is 0 Å². The third kappa shape index (κ3) is 3.82. The van der Waals surface area contributed by atoms with Crippen molar-refractivity contribution >= 4 is 28.9 Å². The van der Waals surface area contributed by atoms with E-state index in [1.807, 2.05) is 41.8 Å². The number of thiophene rings is 1. The molecular weight excluding hydrogens is 378 g/mol. The van der Waals surface area contributed by atoms with Gasteiger partial charge in [-0.05, 0) is 35.6 Å². The first-order valence-electron chi connectivity index (χ1n) is 9.06. The molecule has 1 saturated heterocycles. The Morgan fingerprint density at radius 1 is 1.32 bits per heavy atom. The molecule has 3 heterocycles. The van der Waals surface area contributed by atoms with E-state index < -0.39 is 11.9 Å². The number of carbonyl (C=O) groups excluding carboxylic acids is 2. The predicted molar refractivity (Wildman–Crippen MR) is 104 cm³/mol. The van der Waals surface area contributed by atoms with Gasteiger partial charge in [-0.2, -0.15) is 4.98 Å². The smallest absolute Gasteiger partial charge is 0.311 e. The van der Waals surface area contributed by atoms with E-state index in [2.05, 4.69) is 17.1 Å². The molecule has 0 radical (unpaired) electrons. The molecule has 1 aliphatic heterocycles. The minimum Gasteiger partial charge on any atom is -0.455 e. The van der Waals surface area contributed by atoms with Crippen LogP contribution in [0.2, 0.25) is 0 Å². The van der Waals surface area contributed by atoms with Gasteiger partial charge in [0.15, 0.2) is 6.61 Å². The molecular formula is C20H19N3O4S. The number of hydrogen-bond donors (Lipinski definition) is 0. The van der Waals surface area contributed by atoms with E-state index in [-0.39, 0.29) is 24.8 Å². The lowest BCUT2D eigenvalue weighted by atomic mass is 10.1. The highest BCUT2D eigenvalue weighted by Gasteiger charge is 2.36. The lowest BCUT2D eigenvalue weighted by Crippen LogP contribution is -2.26. The molecule has 4 rings (SSSR count). The summed E-state index contributed by atoms with van der Waals surface area (Å²) in [5.41, 5.74) is 2.00. The second kappa shape index (κ2) is 7.93. The maximum Gasteiger partial charge on any atom is 0.311 e. The van der Waals surface area contributed by atoms with Crippen molar-refractivity contribution in [1.29, 1.82) is 0 Å². The molecule has 0 spiro atoms. The number of hydrogen-bond acceptors (Lipinski definition) is 7. The van der Waals surface area contributed by atoms with Crippen LogP contribution in [0.25, 0.3) is 10.7 Å². The van der Waals surface area contributed by atoms with Crippen LogP contribution in [0.4, 0.5) is 5.69 Å². The lowest BCUT2D eigenvalue weighted by Gasteiger charge is -2.16. The first-order valence-corrected chi connectivity index (χ1v) is 9.94. The number of anilines is 1. The zero-order valence-electron chi connectivity index (χ0n) is 15.3. The first kappa shape index (κ1) is 18.4. The number of nitrogens with zero attached hydrogens (tertiary/aromatic N) is 3. The van der Waals surface area contributed by atoms with Gasteiger partial charge in [0.25, 0.3) is 5.89 Å². The van der Waals surface area contributed by atoms with Crippen LogP contribution in [0.5, 0.6) is 0 Å². The molecule has 28 heavy (non-hydrogen) atoms. The minimum atomic E-state index is -0.502. The molecule has 1 fully saturated rings. The van der Waals surface area contributed by atoms with Gasteiger partial charge in [-0.15, -0.1) is 11.3 Å². The zero-order chi connectivity index (χ0) is 19.5. The standard InChI is InChI=1S/C20H19N3O4S/c1-2-13-5-7-15(8-6-13)23-11-14(10-18(23)24)20(25)26-12-17-21-19(22-27-17)16-4-3-9-28-16/h3-9,14H,2,10-12H2,1H3. The summed E-state index contributed by atoms with van der Waals surface area (Å²) in [5.74, 6) is -0.314. The number of rotatable bonds is 6. The Morgan fingerprint density at radius 2 is 2.14 bits per heavy atom. The van der Waals surface area contributed by atoms with Gasteiger partial charge in [-0.1, -0.05) is 30.3 Å². The molecule has 1 aromatic carbocycles. The monoisotopic (exact) mass is 397 g/mol. The van der Waals surface area contributed by atoms with E-state index in [0.29, 0.717) is 12.4 Å². The molecule has 0 saturated carbocycles. The van der Waals surface area contributed by atoms with E-state index in [1.54, 1.807) is 4.90 Å². The molecule has 1 amide bonds. The highest BCUT2D eigenvalue weighted by molar-refractivity contribution is 7.13. The average molecular weight is 397 g/mol. The Hall–Kier alpha value is -3.00. The SMILES string of the molecule is CCc1ccc(N2CC(C(=O)OCc3nc(-c4cccs4)no3)CC2=O)cc1. The molecule has 1 unspecified atom stereocenters. The van der Waals surface area contributed by atoms with Crippen LogP contribution in [0.3, 0.4) is 0 Å². The Morgan fingerprint density at radius 3 is 2.86 bits per heavy atom. The van der Waals surface area contributed by atoms with Crippen molar-refractivity contribution in [1.82, 2.24) is 10.1 Å². The van der Waals surface area contributed by atoms with Gasteiger partial charge in [0.05, 0.1) is 10.8 Å². The summed E-state index contributed by atoms with van der Waals surface area (Å²) < 4.78 is 10.4. The number of amides is 1. The fourth-order valence-corrected chi connectivity index (χ4v) is 3.75. The van der Waals surface area contributed by atoms with Crippen LogP contribution < -0.4 is 4.90 Å². The Labute approximate surface area is 165 Å². The van der Waals surface area contributed by atoms with Gasteiger partial charge in [0, 0.05) is 18.7 Å². The second-order valence-corrected chi connectivity index (χ2v) is 7.47. The molecule has 7 nitrogen and oxygen atoms in total. The Kier molecular flexibility index (Phi) is 5.21. The third-order valence-corrected chi connectivity index (χ3v) is 5.53. The molecule has 0 aliphatic carbocycles. The quantitative estimate of drug-likeness (QED) is 0.592. The van der Waals surface area contributed by atoms with Gasteiger partial charge in [-0.3, -0.25) is 9.59 Å². The normalized spacial score (nSPS) is 16.5. The minimum absolute atomic E-state index is 0.0797. The summed E-state index contributed by atoms with van der Waals surface area (Å²) in [6.07, 6.45) is 1.08. The third-order valence-electron chi connectivity index (χ3n) is 4.66. The van der Waals surface area contributed by atoms with Crippen LogP contribution in [0.1, 0.15) is 24.8 Å². The van der Waals surface area contributed by atoms with Crippen LogP contribution in [0, 0.1) is 5.92 Å². The highest BCUT2D eigenvalue weighted by Crippen LogP contribution is 2.27. The van der Waals surface area contributed by atoms with Crippen molar-refractivity contribution in [2.45, 2.75) is 26.4 Å². The zero-order valence-corrected chi connectivity index (χ0v) is 16.1. The molecule has 0 bridgehead atoms. The van der Waals surface area contributed by atoms with Crippen molar-refractivity contribution in [2.75, 3.05) is 11.4 Å². The van der Waals surface area contributed by atoms with Crippen molar-refractivity contribution in [3.8, 4) is 10.7 Å². The first-order chi connectivity index (χ1) is 13.6. The maximum absolute atomic E-state index is 12.4. The fraction of sp³-hybridized carbons (Fsp3) is 0.300. The summed E-state index contributed by atoms with van der Waals surface area (Å²) in [4.78, 5) is 31.5. The number of esters is 1. The number of benzene rings is 1. The summed E-state index contributed by atoms with van der Waals surface area (Å²) in [6, 6.07) is 11.6. The summed E-state index contributed by atoms with van der Waals surface area (Å²) in [5, 5.41) is 5.80. The van der Waals surface area contributed by atoms with Crippen molar-refractivity contribution in [3.05, 3.63) is 53.2 Å². The number of aromatic nitrogens is 2. The molecule has 144 valence electrons. The van der Waals surface area contributed by atoms with Gasteiger partial charge < -0.3 is 14.2 Å². The highest BCUT2D eigenvalue weighted by atomic mass is 32.1. The van der Waals surface area contributed by atoms with E-state index in [4.69, 9.17) is 9.26 Å². The second-order valence-electron chi connectivity index (χ2n) is 6.52.